The molecule has 1 aromatic carbocycles. The van der Waals surface area contributed by atoms with Gasteiger partial charge in [0.2, 0.25) is 5.91 Å². The van der Waals surface area contributed by atoms with E-state index in [0.717, 1.165) is 10.0 Å². The van der Waals surface area contributed by atoms with Crippen molar-refractivity contribution in [1.82, 2.24) is 25.5 Å². The van der Waals surface area contributed by atoms with Gasteiger partial charge in [-0.15, -0.1) is 10.2 Å². The van der Waals surface area contributed by atoms with Crippen molar-refractivity contribution in [2.24, 2.45) is 0 Å². The number of tetrazole rings is 1. The summed E-state index contributed by atoms with van der Waals surface area (Å²) >= 11 is 3.49. The van der Waals surface area contributed by atoms with Gasteiger partial charge in [-0.05, 0) is 24.1 Å². The van der Waals surface area contributed by atoms with Crippen LogP contribution in [0.25, 0.3) is 0 Å². The van der Waals surface area contributed by atoms with E-state index in [1.54, 1.807) is 0 Å². The standard InChI is InChI=1S/C13H14BrN5O/c1-8-2-3-9(4-11(8)14)5-12(20)19-6-10(7-19)13-15-17-18-16-13/h2-4,10H,5-7H2,1H3,(H,15,16,17,18). The number of carbonyl (C=O) groups excluding carboxylic acids is 1. The fraction of sp³-hybridized carbons (Fsp3) is 0.385. The first kappa shape index (κ1) is 13.2. The number of aromatic amines is 1. The average Bonchev–Trinajstić information content (AvgIpc) is 2.86. The highest BCUT2D eigenvalue weighted by Crippen LogP contribution is 2.25. The van der Waals surface area contributed by atoms with Crippen LogP contribution in [0.1, 0.15) is 22.9 Å². The topological polar surface area (TPSA) is 74.8 Å². The molecule has 0 saturated carbocycles. The Morgan fingerprint density at radius 3 is 2.95 bits per heavy atom. The van der Waals surface area contributed by atoms with E-state index in [1.807, 2.05) is 30.0 Å². The molecule has 1 saturated heterocycles. The smallest absolute Gasteiger partial charge is 0.227 e. The maximum Gasteiger partial charge on any atom is 0.227 e. The lowest BCUT2D eigenvalue weighted by atomic mass is 9.98. The summed E-state index contributed by atoms with van der Waals surface area (Å²) in [7, 11) is 0. The number of nitrogens with one attached hydrogen (secondary N) is 1. The molecule has 0 aliphatic carbocycles. The number of rotatable bonds is 3. The van der Waals surface area contributed by atoms with Crippen molar-refractivity contribution in [3.05, 3.63) is 39.6 Å². The van der Waals surface area contributed by atoms with Crippen LogP contribution in [0.4, 0.5) is 0 Å². The molecule has 0 bridgehead atoms. The van der Waals surface area contributed by atoms with Crippen LogP contribution in [0.2, 0.25) is 0 Å². The van der Waals surface area contributed by atoms with E-state index < -0.39 is 0 Å². The normalized spacial score (nSPS) is 15.2. The first-order valence-corrected chi connectivity index (χ1v) is 7.19. The Kier molecular flexibility index (Phi) is 3.52. The number of benzene rings is 1. The quantitative estimate of drug-likeness (QED) is 0.920. The monoisotopic (exact) mass is 335 g/mol. The number of aryl methyl sites for hydroxylation is 1. The summed E-state index contributed by atoms with van der Waals surface area (Å²) in [6, 6.07) is 6.02. The minimum atomic E-state index is 0.139. The average molecular weight is 336 g/mol. The number of aromatic nitrogens is 4. The third-order valence-corrected chi connectivity index (χ3v) is 4.41. The van der Waals surface area contributed by atoms with E-state index in [0.29, 0.717) is 25.3 Å². The van der Waals surface area contributed by atoms with Gasteiger partial charge in [-0.1, -0.05) is 33.3 Å². The molecule has 1 N–H and O–H groups in total. The van der Waals surface area contributed by atoms with Gasteiger partial charge in [0, 0.05) is 17.6 Å². The van der Waals surface area contributed by atoms with Crippen LogP contribution in [0.5, 0.6) is 0 Å². The molecule has 1 amide bonds. The number of hydrogen-bond donors (Lipinski definition) is 1. The van der Waals surface area contributed by atoms with Gasteiger partial charge in [0.05, 0.1) is 12.3 Å². The van der Waals surface area contributed by atoms with Gasteiger partial charge < -0.3 is 4.90 Å². The highest BCUT2D eigenvalue weighted by molar-refractivity contribution is 9.10. The zero-order valence-corrected chi connectivity index (χ0v) is 12.6. The number of likely N-dealkylation sites (tertiary alicyclic amines) is 1. The molecule has 7 heteroatoms. The second kappa shape index (κ2) is 5.32. The SMILES string of the molecule is Cc1ccc(CC(=O)N2CC(c3nn[nH]n3)C2)cc1Br. The minimum absolute atomic E-state index is 0.139. The Morgan fingerprint density at radius 2 is 2.30 bits per heavy atom. The highest BCUT2D eigenvalue weighted by Gasteiger charge is 2.34. The Labute approximate surface area is 124 Å². The van der Waals surface area contributed by atoms with Crippen molar-refractivity contribution in [1.29, 1.82) is 0 Å². The molecule has 20 heavy (non-hydrogen) atoms. The zero-order chi connectivity index (χ0) is 14.1. The summed E-state index contributed by atoms with van der Waals surface area (Å²) in [5, 5.41) is 13.9. The molecule has 1 aliphatic heterocycles. The third kappa shape index (κ3) is 2.58. The van der Waals surface area contributed by atoms with Gasteiger partial charge in [0.15, 0.2) is 5.82 Å². The lowest BCUT2D eigenvalue weighted by molar-refractivity contribution is -0.135. The minimum Gasteiger partial charge on any atom is -0.341 e. The third-order valence-electron chi connectivity index (χ3n) is 3.55. The maximum absolute atomic E-state index is 12.2. The molecule has 2 heterocycles. The van der Waals surface area contributed by atoms with Crippen molar-refractivity contribution >= 4 is 21.8 Å². The van der Waals surface area contributed by atoms with E-state index in [4.69, 9.17) is 0 Å². The number of nitrogens with zero attached hydrogens (tertiary/aromatic N) is 4. The van der Waals surface area contributed by atoms with Crippen LogP contribution >= 0.6 is 15.9 Å². The number of amides is 1. The highest BCUT2D eigenvalue weighted by atomic mass is 79.9. The molecule has 0 spiro atoms. The summed E-state index contributed by atoms with van der Waals surface area (Å²) in [6.45, 7) is 3.37. The number of H-pyrrole nitrogens is 1. The molecule has 6 nitrogen and oxygen atoms in total. The Bertz CT molecular complexity index is 622. The number of carbonyl (C=O) groups is 1. The van der Waals surface area contributed by atoms with Gasteiger partial charge in [-0.25, -0.2) is 0 Å². The van der Waals surface area contributed by atoms with Crippen molar-refractivity contribution in [3.8, 4) is 0 Å². The second-order valence-electron chi connectivity index (χ2n) is 5.03. The zero-order valence-electron chi connectivity index (χ0n) is 11.0. The molecular formula is C13H14BrN5O. The van der Waals surface area contributed by atoms with Crippen molar-refractivity contribution < 1.29 is 4.79 Å². The molecule has 0 atom stereocenters. The van der Waals surface area contributed by atoms with Gasteiger partial charge in [0.25, 0.3) is 0 Å². The van der Waals surface area contributed by atoms with Gasteiger partial charge in [0.1, 0.15) is 0 Å². The van der Waals surface area contributed by atoms with E-state index in [-0.39, 0.29) is 11.8 Å². The van der Waals surface area contributed by atoms with Gasteiger partial charge >= 0.3 is 0 Å². The van der Waals surface area contributed by atoms with Crippen molar-refractivity contribution in [2.45, 2.75) is 19.3 Å². The maximum atomic E-state index is 12.2. The fourth-order valence-corrected chi connectivity index (χ4v) is 2.65. The fourth-order valence-electron chi connectivity index (χ4n) is 2.22. The predicted molar refractivity (Wildman–Crippen MR) is 76.1 cm³/mol. The van der Waals surface area contributed by atoms with Crippen molar-refractivity contribution in [2.75, 3.05) is 13.1 Å². The van der Waals surface area contributed by atoms with Gasteiger partial charge in [-0.2, -0.15) is 5.21 Å². The van der Waals surface area contributed by atoms with E-state index in [9.17, 15) is 4.79 Å². The summed E-state index contributed by atoms with van der Waals surface area (Å²) in [6.07, 6.45) is 0.428. The lowest BCUT2D eigenvalue weighted by Crippen LogP contribution is -2.49. The van der Waals surface area contributed by atoms with Crippen LogP contribution in [0.15, 0.2) is 22.7 Å². The van der Waals surface area contributed by atoms with Crippen molar-refractivity contribution in [3.63, 3.8) is 0 Å². The lowest BCUT2D eigenvalue weighted by Gasteiger charge is -2.37. The van der Waals surface area contributed by atoms with Crippen LogP contribution < -0.4 is 0 Å². The molecule has 1 aromatic heterocycles. The second-order valence-corrected chi connectivity index (χ2v) is 5.88. The Hall–Kier alpha value is -1.76. The molecule has 1 aliphatic rings. The van der Waals surface area contributed by atoms with Crippen LogP contribution in [0, 0.1) is 6.92 Å². The molecule has 0 unspecified atom stereocenters. The molecule has 1 fully saturated rings. The molecule has 0 radical (unpaired) electrons. The first-order chi connectivity index (χ1) is 9.63. The van der Waals surface area contributed by atoms with Gasteiger partial charge in [-0.3, -0.25) is 4.79 Å². The predicted octanol–water partition coefficient (Wildman–Crippen LogP) is 1.44. The number of hydrogen-bond acceptors (Lipinski definition) is 4. The number of halogens is 1. The molecular weight excluding hydrogens is 322 g/mol. The summed E-state index contributed by atoms with van der Waals surface area (Å²) in [4.78, 5) is 14.0. The molecule has 104 valence electrons. The van der Waals surface area contributed by atoms with Crippen LogP contribution in [0.3, 0.4) is 0 Å². The first-order valence-electron chi connectivity index (χ1n) is 6.39. The molecule has 3 rings (SSSR count). The van der Waals surface area contributed by atoms with Crippen LogP contribution in [-0.4, -0.2) is 44.5 Å². The summed E-state index contributed by atoms with van der Waals surface area (Å²) < 4.78 is 1.04. The largest absolute Gasteiger partial charge is 0.341 e. The van der Waals surface area contributed by atoms with E-state index >= 15 is 0 Å². The van der Waals surface area contributed by atoms with E-state index in [1.165, 1.54) is 5.56 Å². The Balaban J connectivity index is 1.57. The summed E-state index contributed by atoms with van der Waals surface area (Å²) in [5.41, 5.74) is 2.19. The summed E-state index contributed by atoms with van der Waals surface area (Å²) in [5.74, 6) is 1.04. The Morgan fingerprint density at radius 1 is 1.50 bits per heavy atom. The van der Waals surface area contributed by atoms with Crippen LogP contribution in [-0.2, 0) is 11.2 Å². The molecule has 2 aromatic rings. The van der Waals surface area contributed by atoms with E-state index in [2.05, 4.69) is 36.6 Å².